The third kappa shape index (κ3) is 3.66. The number of hydrogen-bond donors (Lipinski definition) is 1. The summed E-state index contributed by atoms with van der Waals surface area (Å²) < 4.78 is 35.3. The fourth-order valence-electron chi connectivity index (χ4n) is 5.18. The molecule has 0 saturated carbocycles. The van der Waals surface area contributed by atoms with Gasteiger partial charge < -0.3 is 9.72 Å². The van der Waals surface area contributed by atoms with E-state index < -0.39 is 16.0 Å². The van der Waals surface area contributed by atoms with Gasteiger partial charge in [-0.1, -0.05) is 54.6 Å². The number of pyridine rings is 1. The number of nitrogens with zero attached hydrogens (tertiary/aromatic N) is 2. The minimum absolute atomic E-state index is 0.172. The van der Waals surface area contributed by atoms with Crippen LogP contribution < -0.4 is 0 Å². The van der Waals surface area contributed by atoms with Crippen molar-refractivity contribution in [3.63, 3.8) is 0 Å². The van der Waals surface area contributed by atoms with Crippen LogP contribution in [-0.4, -0.2) is 35.4 Å². The van der Waals surface area contributed by atoms with E-state index in [9.17, 15) is 13.2 Å². The number of hydrogen-bond acceptors (Lipinski definition) is 6. The highest BCUT2D eigenvalue weighted by atomic mass is 32.2. The first-order chi connectivity index (χ1) is 19.5. The second-order valence-corrected chi connectivity index (χ2v) is 12.1. The number of carbonyl (C=O) groups is 1. The Morgan fingerprint density at radius 1 is 0.875 bits per heavy atom. The van der Waals surface area contributed by atoms with E-state index in [-0.39, 0.29) is 4.90 Å². The summed E-state index contributed by atoms with van der Waals surface area (Å²) in [6, 6.07) is 27.8. The molecule has 0 saturated heterocycles. The molecule has 4 heterocycles. The molecule has 7 aromatic rings. The lowest BCUT2D eigenvalue weighted by Gasteiger charge is -2.08. The molecular formula is C31H21N3O4S2. The number of aromatic amines is 1. The molecule has 0 unspecified atom stereocenters. The molecule has 0 aliphatic carbocycles. The Kier molecular flexibility index (Phi) is 5.58. The summed E-state index contributed by atoms with van der Waals surface area (Å²) in [6.07, 6.45) is 3.08. The van der Waals surface area contributed by atoms with E-state index in [2.05, 4.69) is 28.2 Å². The quantitative estimate of drug-likeness (QED) is 0.226. The second-order valence-electron chi connectivity index (χ2n) is 9.27. The minimum atomic E-state index is -3.85. The van der Waals surface area contributed by atoms with Crippen LogP contribution in [0.5, 0.6) is 0 Å². The molecule has 0 radical (unpaired) electrons. The van der Waals surface area contributed by atoms with E-state index in [1.54, 1.807) is 66.1 Å². The Balaban J connectivity index is 1.43. The van der Waals surface area contributed by atoms with Crippen LogP contribution in [0, 0.1) is 0 Å². The van der Waals surface area contributed by atoms with Gasteiger partial charge in [0.15, 0.2) is 5.65 Å². The molecule has 7 nitrogen and oxygen atoms in total. The SMILES string of the molecule is COC(=O)c1cc(-c2ccnc3c2ccn3S(=O)(=O)c2ccccc2)[nH]c1-c1cccc2c1sc1ccccc12. The van der Waals surface area contributed by atoms with Crippen LogP contribution >= 0.6 is 11.3 Å². The van der Waals surface area contributed by atoms with Gasteiger partial charge in [0.25, 0.3) is 10.0 Å². The molecule has 0 fully saturated rings. The monoisotopic (exact) mass is 563 g/mol. The number of aromatic nitrogens is 3. The topological polar surface area (TPSA) is 94.0 Å². The zero-order valence-corrected chi connectivity index (χ0v) is 22.8. The highest BCUT2D eigenvalue weighted by Crippen LogP contribution is 2.42. The highest BCUT2D eigenvalue weighted by Gasteiger charge is 2.24. The smallest absolute Gasteiger partial charge is 0.340 e. The van der Waals surface area contributed by atoms with E-state index in [4.69, 9.17) is 4.74 Å². The molecule has 1 N–H and O–H groups in total. The number of methoxy groups -OCH3 is 1. The molecule has 7 rings (SSSR count). The van der Waals surface area contributed by atoms with E-state index >= 15 is 0 Å². The van der Waals surface area contributed by atoms with Crippen LogP contribution in [-0.2, 0) is 14.8 Å². The molecular weight excluding hydrogens is 542 g/mol. The number of carbonyl (C=O) groups excluding carboxylic acids is 1. The van der Waals surface area contributed by atoms with Gasteiger partial charge in [-0.05, 0) is 36.4 Å². The summed E-state index contributed by atoms with van der Waals surface area (Å²) in [7, 11) is -2.49. The Hall–Kier alpha value is -4.73. The number of thiophene rings is 1. The van der Waals surface area contributed by atoms with Gasteiger partial charge in [-0.15, -0.1) is 11.3 Å². The van der Waals surface area contributed by atoms with Crippen LogP contribution in [0.3, 0.4) is 0 Å². The molecule has 0 spiro atoms. The molecule has 0 bridgehead atoms. The lowest BCUT2D eigenvalue weighted by Crippen LogP contribution is -2.12. The predicted octanol–water partition coefficient (Wildman–Crippen LogP) is 7.09. The zero-order chi connectivity index (χ0) is 27.4. The normalized spacial score (nSPS) is 11.9. The van der Waals surface area contributed by atoms with E-state index in [1.165, 1.54) is 17.3 Å². The molecule has 0 aliphatic rings. The van der Waals surface area contributed by atoms with Crippen LogP contribution in [0.15, 0.2) is 108 Å². The van der Waals surface area contributed by atoms with Crippen molar-refractivity contribution in [1.29, 1.82) is 0 Å². The van der Waals surface area contributed by atoms with Gasteiger partial charge in [0.2, 0.25) is 0 Å². The van der Waals surface area contributed by atoms with Crippen molar-refractivity contribution in [3.05, 3.63) is 109 Å². The lowest BCUT2D eigenvalue weighted by atomic mass is 10.0. The van der Waals surface area contributed by atoms with Crippen molar-refractivity contribution in [3.8, 4) is 22.5 Å². The third-order valence-corrected chi connectivity index (χ3v) is 9.94. The molecule has 0 aliphatic heterocycles. The average molecular weight is 564 g/mol. The number of fused-ring (bicyclic) bond motifs is 4. The van der Waals surface area contributed by atoms with E-state index in [0.29, 0.717) is 33.5 Å². The third-order valence-electron chi connectivity index (χ3n) is 7.04. The number of benzene rings is 3. The Labute approximate surface area is 233 Å². The van der Waals surface area contributed by atoms with Crippen LogP contribution in [0.4, 0.5) is 0 Å². The molecule has 196 valence electrons. The van der Waals surface area contributed by atoms with Gasteiger partial charge >= 0.3 is 5.97 Å². The first kappa shape index (κ1) is 24.3. The number of nitrogens with one attached hydrogen (secondary N) is 1. The van der Waals surface area contributed by atoms with Gasteiger partial charge in [-0.25, -0.2) is 22.2 Å². The predicted molar refractivity (Wildman–Crippen MR) is 158 cm³/mol. The van der Waals surface area contributed by atoms with Crippen LogP contribution in [0.25, 0.3) is 53.7 Å². The molecule has 4 aromatic heterocycles. The van der Waals surface area contributed by atoms with E-state index in [0.717, 1.165) is 25.7 Å². The zero-order valence-electron chi connectivity index (χ0n) is 21.2. The van der Waals surface area contributed by atoms with Crippen molar-refractivity contribution in [2.45, 2.75) is 4.90 Å². The molecule has 40 heavy (non-hydrogen) atoms. The number of H-pyrrole nitrogens is 1. The first-order valence-corrected chi connectivity index (χ1v) is 14.7. The van der Waals surface area contributed by atoms with Gasteiger partial charge in [-0.3, -0.25) is 0 Å². The number of ether oxygens (including phenoxy) is 1. The van der Waals surface area contributed by atoms with E-state index in [1.807, 2.05) is 24.3 Å². The maximum absolute atomic E-state index is 13.4. The second kappa shape index (κ2) is 9.18. The van der Waals surface area contributed by atoms with Crippen LogP contribution in [0.1, 0.15) is 10.4 Å². The molecule has 0 amide bonds. The fourth-order valence-corrected chi connectivity index (χ4v) is 7.72. The number of esters is 1. The molecule has 3 aromatic carbocycles. The summed E-state index contributed by atoms with van der Waals surface area (Å²) in [5, 5.41) is 2.90. The Morgan fingerprint density at radius 3 is 2.48 bits per heavy atom. The maximum Gasteiger partial charge on any atom is 0.340 e. The summed E-state index contributed by atoms with van der Waals surface area (Å²) in [5.74, 6) is -0.467. The first-order valence-electron chi connectivity index (χ1n) is 12.5. The van der Waals surface area contributed by atoms with Crippen molar-refractivity contribution >= 4 is 58.5 Å². The summed E-state index contributed by atoms with van der Waals surface area (Å²) in [5.41, 5.74) is 3.58. The van der Waals surface area contributed by atoms with Crippen molar-refractivity contribution in [1.82, 2.24) is 13.9 Å². The van der Waals surface area contributed by atoms with Gasteiger partial charge in [0, 0.05) is 54.8 Å². The highest BCUT2D eigenvalue weighted by molar-refractivity contribution is 7.90. The van der Waals surface area contributed by atoms with Crippen molar-refractivity contribution in [2.75, 3.05) is 7.11 Å². The maximum atomic E-state index is 13.4. The average Bonchev–Trinajstić information content (AvgIpc) is 3.72. The van der Waals surface area contributed by atoms with Crippen molar-refractivity contribution in [2.24, 2.45) is 0 Å². The van der Waals surface area contributed by atoms with Crippen LogP contribution in [0.2, 0.25) is 0 Å². The Morgan fingerprint density at radius 2 is 1.65 bits per heavy atom. The largest absolute Gasteiger partial charge is 0.465 e. The molecule has 9 heteroatoms. The summed E-state index contributed by atoms with van der Waals surface area (Å²) >= 11 is 1.67. The minimum Gasteiger partial charge on any atom is -0.465 e. The van der Waals surface area contributed by atoms with Crippen molar-refractivity contribution < 1.29 is 17.9 Å². The molecule has 0 atom stereocenters. The van der Waals surface area contributed by atoms with Gasteiger partial charge in [-0.2, -0.15) is 0 Å². The lowest BCUT2D eigenvalue weighted by molar-refractivity contribution is 0.0602. The Bertz CT molecular complexity index is 2190. The standard InChI is InChI=1S/C31H21N3O4S2/c1-38-31(35)25-18-26(33-28(25)24-12-7-11-22-21-10-5-6-13-27(21)39-29(22)24)20-14-16-32-30-23(20)15-17-34(30)40(36,37)19-8-3-2-4-9-19/h2-18,33H,1H3. The van der Waals surface area contributed by atoms with Gasteiger partial charge in [0.05, 0.1) is 23.3 Å². The van der Waals surface area contributed by atoms with Gasteiger partial charge in [0.1, 0.15) is 0 Å². The number of rotatable bonds is 5. The summed E-state index contributed by atoms with van der Waals surface area (Å²) in [4.78, 5) is 21.0. The summed E-state index contributed by atoms with van der Waals surface area (Å²) in [6.45, 7) is 0. The fraction of sp³-hybridized carbons (Fsp3) is 0.0323.